The van der Waals surface area contributed by atoms with Gasteiger partial charge in [-0.2, -0.15) is 4.57 Å². The van der Waals surface area contributed by atoms with Gasteiger partial charge >= 0.3 is 5.01 Å². The summed E-state index contributed by atoms with van der Waals surface area (Å²) in [7, 11) is -1.72. The van der Waals surface area contributed by atoms with Crippen molar-refractivity contribution in [2.75, 3.05) is 0 Å². The van der Waals surface area contributed by atoms with Gasteiger partial charge in [-0.25, -0.2) is 0 Å². The van der Waals surface area contributed by atoms with Gasteiger partial charge in [0.1, 0.15) is 12.8 Å². The topological polar surface area (TPSA) is 33.9 Å². The first kappa shape index (κ1) is 25.1. The third-order valence-electron chi connectivity index (χ3n) is 5.11. The van der Waals surface area contributed by atoms with Gasteiger partial charge < -0.3 is 5.48 Å². The van der Waals surface area contributed by atoms with E-state index in [1.54, 1.807) is 11.3 Å². The molecule has 1 aromatic heterocycles. The van der Waals surface area contributed by atoms with E-state index in [1.165, 1.54) is 10.2 Å². The average molecular weight is 419 g/mol. The second kappa shape index (κ2) is 10.5. The van der Waals surface area contributed by atoms with E-state index >= 15 is 0 Å². The van der Waals surface area contributed by atoms with Gasteiger partial charge in [-0.1, -0.05) is 65.0 Å². The molecule has 0 aliphatic carbocycles. The maximum atomic E-state index is 5.60. The molecule has 0 fully saturated rings. The number of terminal acetylenes is 1. The molecule has 1 aromatic carbocycles. The summed E-state index contributed by atoms with van der Waals surface area (Å²) >= 11 is 1.76. The maximum absolute atomic E-state index is 5.60. The zero-order valence-electron chi connectivity index (χ0n) is 16.6. The van der Waals surface area contributed by atoms with Gasteiger partial charge in [-0.05, 0) is 28.6 Å². The van der Waals surface area contributed by atoms with Crippen LogP contribution in [0.4, 0.5) is 0 Å². The van der Waals surface area contributed by atoms with Crippen molar-refractivity contribution in [3.63, 3.8) is 0 Å². The number of para-hydroxylation sites is 1. The summed E-state index contributed by atoms with van der Waals surface area (Å²) in [5, 5.41) is 1.09. The molecule has 0 saturated carbocycles. The molecule has 1 heterocycles. The minimum absolute atomic E-state index is 0. The summed E-state index contributed by atoms with van der Waals surface area (Å²) < 4.78 is 3.44. The van der Waals surface area contributed by atoms with Crippen LogP contribution in [0, 0.1) is 23.8 Å². The first-order chi connectivity index (χ1) is 11.3. The van der Waals surface area contributed by atoms with Crippen molar-refractivity contribution in [3.05, 3.63) is 29.3 Å². The molecule has 0 saturated heterocycles. The van der Waals surface area contributed by atoms with Crippen LogP contribution in [-0.4, -0.2) is 13.6 Å². The van der Waals surface area contributed by atoms with Gasteiger partial charge in [-0.15, -0.1) is 12.0 Å². The maximum Gasteiger partial charge on any atom is 0.315 e. The predicted octanol–water partition coefficient (Wildman–Crippen LogP) is 5.21. The first-order valence-electron chi connectivity index (χ1n) is 8.72. The summed E-state index contributed by atoms with van der Waals surface area (Å²) in [6.07, 6.45) is 5.60. The van der Waals surface area contributed by atoms with E-state index in [-0.39, 0.29) is 27.2 Å². The third kappa shape index (κ3) is 4.69. The van der Waals surface area contributed by atoms with Crippen LogP contribution in [-0.2, 0) is 28.3 Å². The summed E-state index contributed by atoms with van der Waals surface area (Å²) in [6.45, 7) is 14.7. The van der Waals surface area contributed by atoms with Gasteiger partial charge in [-0.3, -0.25) is 0 Å². The van der Waals surface area contributed by atoms with E-state index < -0.39 is 8.07 Å². The first-order valence-corrected chi connectivity index (χ1v) is 11.8. The van der Waals surface area contributed by atoms with E-state index in [1.807, 2.05) is 0 Å². The number of hydrogen-bond acceptors (Lipinski definition) is 2. The molecule has 5 heteroatoms. The Hall–Kier alpha value is -0.879. The fourth-order valence-electron chi connectivity index (χ4n) is 3.97. The molecule has 0 spiro atoms. The molecule has 0 radical (unpaired) electrons. The Morgan fingerprint density at radius 2 is 1.58 bits per heavy atom. The third-order valence-corrected chi connectivity index (χ3v) is 12.5. The second-order valence-corrected chi connectivity index (χ2v) is 13.9. The summed E-state index contributed by atoms with van der Waals surface area (Å²) in [5.41, 5.74) is 6.93. The molecular weight excluding hydrogens is 390 g/mol. The monoisotopic (exact) mass is 419 g/mol. The molecule has 1 N–H and O–H groups in total. The minimum Gasteiger partial charge on any atom is -0.870 e. The van der Waals surface area contributed by atoms with E-state index in [9.17, 15) is 0 Å². The summed E-state index contributed by atoms with van der Waals surface area (Å²) in [4.78, 5) is 0. The van der Waals surface area contributed by atoms with Gasteiger partial charge in [0.2, 0.25) is 12.1 Å². The van der Waals surface area contributed by atoms with Crippen molar-refractivity contribution in [2.45, 2.75) is 64.7 Å². The number of fused-ring (bicyclic) bond motifs is 1. The quantitative estimate of drug-likeness (QED) is 0.380. The Morgan fingerprint density at radius 3 is 2.08 bits per heavy atom. The Balaban J connectivity index is 0.00000312. The zero-order valence-corrected chi connectivity index (χ0v) is 20.0. The van der Waals surface area contributed by atoms with Crippen LogP contribution in [0.1, 0.15) is 46.6 Å². The molecule has 2 aromatic rings. The standard InChI is InChI=1S/C21H28NSSi.H2O.Ti/c1-8-14-22-19-11-9-10-12-20(19)23-21(22)13-15-24(16(2)3,17(4)5)18(6)7;;/h1,9-12,16-18H,14H2,2-7H3;1H2;/q+1;;/p-1. The van der Waals surface area contributed by atoms with E-state index in [0.717, 1.165) is 5.01 Å². The molecule has 0 bridgehead atoms. The average Bonchev–Trinajstić information content (AvgIpc) is 2.85. The molecule has 0 amide bonds. The normalized spacial score (nSPS) is 10.9. The van der Waals surface area contributed by atoms with Crippen molar-refractivity contribution in [1.82, 2.24) is 0 Å². The van der Waals surface area contributed by atoms with Gasteiger partial charge in [0.05, 0.1) is 0 Å². The predicted molar refractivity (Wildman–Crippen MR) is 111 cm³/mol. The Bertz CT molecular complexity index is 802. The molecule has 2 rings (SSSR count). The van der Waals surface area contributed by atoms with Crippen LogP contribution >= 0.6 is 11.3 Å². The summed E-state index contributed by atoms with van der Waals surface area (Å²) in [6, 6.07) is 8.42. The molecule has 0 aliphatic rings. The molecule has 0 unspecified atom stereocenters. The molecule has 26 heavy (non-hydrogen) atoms. The van der Waals surface area contributed by atoms with Crippen LogP contribution in [0.5, 0.6) is 0 Å². The number of benzene rings is 1. The molecule has 2 nitrogen and oxygen atoms in total. The zero-order chi connectivity index (χ0) is 17.9. The number of aromatic nitrogens is 1. The van der Waals surface area contributed by atoms with Crippen LogP contribution in [0.3, 0.4) is 0 Å². The van der Waals surface area contributed by atoms with Gasteiger partial charge in [0, 0.05) is 33.7 Å². The van der Waals surface area contributed by atoms with Crippen molar-refractivity contribution in [3.8, 4) is 23.8 Å². The van der Waals surface area contributed by atoms with Crippen molar-refractivity contribution in [1.29, 1.82) is 0 Å². The van der Waals surface area contributed by atoms with Crippen molar-refractivity contribution in [2.24, 2.45) is 0 Å². The van der Waals surface area contributed by atoms with E-state index in [0.29, 0.717) is 23.2 Å². The van der Waals surface area contributed by atoms with Gasteiger partial charge in [0.25, 0.3) is 0 Å². The fraction of sp³-hybridized carbons (Fsp3) is 0.476. The van der Waals surface area contributed by atoms with Crippen LogP contribution in [0.2, 0.25) is 16.6 Å². The van der Waals surface area contributed by atoms with Crippen LogP contribution < -0.4 is 4.57 Å². The van der Waals surface area contributed by atoms with Crippen LogP contribution in [0.15, 0.2) is 24.3 Å². The largest absolute Gasteiger partial charge is 0.870 e. The fourth-order valence-corrected chi connectivity index (χ4v) is 10.3. The van der Waals surface area contributed by atoms with Gasteiger partial charge in [0.15, 0.2) is 0 Å². The Kier molecular flexibility index (Phi) is 10.1. The van der Waals surface area contributed by atoms with E-state index in [2.05, 4.69) is 87.8 Å². The van der Waals surface area contributed by atoms with Crippen molar-refractivity contribution < 1.29 is 31.8 Å². The molecule has 138 valence electrons. The number of thiazole rings is 1. The summed E-state index contributed by atoms with van der Waals surface area (Å²) in [5.74, 6) is 6.35. The molecule has 0 atom stereocenters. The Morgan fingerprint density at radius 1 is 1.04 bits per heavy atom. The smallest absolute Gasteiger partial charge is 0.315 e. The molecule has 0 aliphatic heterocycles. The number of nitrogens with zero attached hydrogens (tertiary/aromatic N) is 1. The minimum atomic E-state index is -1.72. The number of hydrogen-bond donors (Lipinski definition) is 0. The number of rotatable bonds is 4. The van der Waals surface area contributed by atoms with Crippen molar-refractivity contribution >= 4 is 29.6 Å². The van der Waals surface area contributed by atoms with Crippen LogP contribution in [0.25, 0.3) is 10.2 Å². The Labute approximate surface area is 178 Å². The van der Waals surface area contributed by atoms with E-state index in [4.69, 9.17) is 6.42 Å². The SMILES string of the molecule is C#CC[n+]1c(C#C[Si](C(C)C)(C(C)C)C(C)C)sc2ccccc21.[OH-].[Ti]. The molecular formula is C21H29NOSSiTi. The second-order valence-electron chi connectivity index (χ2n) is 7.31.